The monoisotopic (exact) mass is 272 g/mol. The van der Waals surface area contributed by atoms with Gasteiger partial charge >= 0.3 is 5.97 Å². The molecule has 0 unspecified atom stereocenters. The van der Waals surface area contributed by atoms with Crippen LogP contribution in [0, 0.1) is 17.1 Å². The van der Waals surface area contributed by atoms with E-state index in [1.54, 1.807) is 12.1 Å². The van der Waals surface area contributed by atoms with E-state index < -0.39 is 11.8 Å². The van der Waals surface area contributed by atoms with E-state index in [-0.39, 0.29) is 12.0 Å². The van der Waals surface area contributed by atoms with E-state index in [1.807, 2.05) is 22.9 Å². The molecule has 2 rings (SSSR count). The first kappa shape index (κ1) is 13.8. The molecule has 5 heteroatoms. The summed E-state index contributed by atoms with van der Waals surface area (Å²) in [5.74, 6) is -1.38. The Bertz CT molecular complexity index is 671. The molecule has 4 nitrogen and oxygen atoms in total. The maximum absolute atomic E-state index is 13.6. The molecule has 0 bridgehead atoms. The molecule has 0 atom stereocenters. The zero-order valence-corrected chi connectivity index (χ0v) is 10.7. The number of aliphatic carboxylic acids is 1. The van der Waals surface area contributed by atoms with Crippen LogP contribution in [0.4, 0.5) is 4.39 Å². The molecule has 20 heavy (non-hydrogen) atoms. The minimum atomic E-state index is -0.830. The zero-order valence-electron chi connectivity index (χ0n) is 10.7. The third kappa shape index (κ3) is 3.04. The van der Waals surface area contributed by atoms with Gasteiger partial charge in [0.05, 0.1) is 5.56 Å². The summed E-state index contributed by atoms with van der Waals surface area (Å²) in [5, 5.41) is 17.3. The fraction of sp³-hybridized carbons (Fsp3) is 0.200. The summed E-state index contributed by atoms with van der Waals surface area (Å²) in [7, 11) is 0. The Balaban J connectivity index is 2.21. The van der Waals surface area contributed by atoms with Gasteiger partial charge in [0.25, 0.3) is 0 Å². The summed E-state index contributed by atoms with van der Waals surface area (Å²) in [6.45, 7) is 0.552. The van der Waals surface area contributed by atoms with Gasteiger partial charge in [-0.1, -0.05) is 6.07 Å². The molecule has 0 radical (unpaired) electrons. The topological polar surface area (TPSA) is 66.0 Å². The zero-order chi connectivity index (χ0) is 14.5. The Hall–Kier alpha value is -2.61. The minimum absolute atomic E-state index is 0.0118. The quantitative estimate of drug-likeness (QED) is 0.909. The normalized spacial score (nSPS) is 10.2. The van der Waals surface area contributed by atoms with Gasteiger partial charge in [-0.05, 0) is 30.7 Å². The lowest BCUT2D eigenvalue weighted by molar-refractivity contribution is -0.137. The summed E-state index contributed by atoms with van der Waals surface area (Å²) in [6, 6.07) is 9.89. The fourth-order valence-corrected chi connectivity index (χ4v) is 2.04. The third-order valence-corrected chi connectivity index (χ3v) is 3.00. The van der Waals surface area contributed by atoms with Crippen molar-refractivity contribution in [3.8, 4) is 17.3 Å². The Morgan fingerprint density at radius 2 is 2.20 bits per heavy atom. The molecule has 1 aromatic heterocycles. The number of carboxylic acids is 1. The minimum Gasteiger partial charge on any atom is -0.481 e. The van der Waals surface area contributed by atoms with Gasteiger partial charge in [-0.25, -0.2) is 4.39 Å². The molecule has 1 heterocycles. The number of nitriles is 1. The number of aryl methyl sites for hydroxylation is 1. The van der Waals surface area contributed by atoms with Crippen LogP contribution in [0.3, 0.4) is 0 Å². The average molecular weight is 272 g/mol. The van der Waals surface area contributed by atoms with Gasteiger partial charge in [0.1, 0.15) is 11.9 Å². The van der Waals surface area contributed by atoms with Crippen LogP contribution in [0.2, 0.25) is 0 Å². The lowest BCUT2D eigenvalue weighted by Gasteiger charge is -2.09. The van der Waals surface area contributed by atoms with Crippen molar-refractivity contribution in [2.45, 2.75) is 19.4 Å². The first-order chi connectivity index (χ1) is 9.61. The Morgan fingerprint density at radius 3 is 2.85 bits per heavy atom. The average Bonchev–Trinajstić information content (AvgIpc) is 2.86. The number of halogens is 1. The highest BCUT2D eigenvalue weighted by Crippen LogP contribution is 2.23. The summed E-state index contributed by atoms with van der Waals surface area (Å²) < 4.78 is 15.5. The molecule has 102 valence electrons. The van der Waals surface area contributed by atoms with Crippen molar-refractivity contribution in [2.24, 2.45) is 0 Å². The molecule has 0 saturated heterocycles. The van der Waals surface area contributed by atoms with Gasteiger partial charge in [-0.15, -0.1) is 0 Å². The van der Waals surface area contributed by atoms with Crippen molar-refractivity contribution in [3.63, 3.8) is 0 Å². The second-order valence-corrected chi connectivity index (χ2v) is 4.39. The van der Waals surface area contributed by atoms with Crippen molar-refractivity contribution < 1.29 is 14.3 Å². The Kier molecular flexibility index (Phi) is 4.16. The van der Waals surface area contributed by atoms with Crippen LogP contribution in [0.1, 0.15) is 18.4 Å². The highest BCUT2D eigenvalue weighted by molar-refractivity contribution is 5.66. The molecule has 0 aliphatic carbocycles. The van der Waals surface area contributed by atoms with E-state index >= 15 is 0 Å². The van der Waals surface area contributed by atoms with Crippen molar-refractivity contribution >= 4 is 5.97 Å². The van der Waals surface area contributed by atoms with Crippen molar-refractivity contribution in [3.05, 3.63) is 47.9 Å². The first-order valence-electron chi connectivity index (χ1n) is 6.19. The maximum Gasteiger partial charge on any atom is 0.303 e. The van der Waals surface area contributed by atoms with E-state index in [1.165, 1.54) is 12.1 Å². The lowest BCUT2D eigenvalue weighted by atomic mass is 10.1. The maximum atomic E-state index is 13.6. The van der Waals surface area contributed by atoms with Crippen LogP contribution >= 0.6 is 0 Å². The lowest BCUT2D eigenvalue weighted by Crippen LogP contribution is -2.02. The fourth-order valence-electron chi connectivity index (χ4n) is 2.04. The SMILES string of the molecule is N#Cc1ccc(-c2cccn2CCCC(=O)O)cc1F. The van der Waals surface area contributed by atoms with Crippen molar-refractivity contribution in [1.82, 2.24) is 4.57 Å². The Morgan fingerprint density at radius 1 is 1.40 bits per heavy atom. The van der Waals surface area contributed by atoms with Crippen LogP contribution in [-0.4, -0.2) is 15.6 Å². The van der Waals surface area contributed by atoms with Gasteiger partial charge in [0.2, 0.25) is 0 Å². The molecule has 0 fully saturated rings. The highest BCUT2D eigenvalue weighted by Gasteiger charge is 2.08. The number of hydrogen-bond acceptors (Lipinski definition) is 2. The summed E-state index contributed by atoms with van der Waals surface area (Å²) in [5.41, 5.74) is 1.48. The number of rotatable bonds is 5. The van der Waals surface area contributed by atoms with Crippen LogP contribution in [0.5, 0.6) is 0 Å². The molecule has 0 saturated carbocycles. The number of nitrogens with zero attached hydrogens (tertiary/aromatic N) is 2. The van der Waals surface area contributed by atoms with E-state index in [2.05, 4.69) is 0 Å². The second-order valence-electron chi connectivity index (χ2n) is 4.39. The van der Waals surface area contributed by atoms with Crippen LogP contribution in [0.15, 0.2) is 36.5 Å². The van der Waals surface area contributed by atoms with Crippen LogP contribution < -0.4 is 0 Å². The van der Waals surface area contributed by atoms with Crippen molar-refractivity contribution in [2.75, 3.05) is 0 Å². The molecular formula is C15H13FN2O2. The molecule has 2 aromatic rings. The summed E-state index contributed by atoms with van der Waals surface area (Å²) >= 11 is 0. The first-order valence-corrected chi connectivity index (χ1v) is 6.19. The largest absolute Gasteiger partial charge is 0.481 e. The number of benzene rings is 1. The second kappa shape index (κ2) is 6.02. The predicted molar refractivity (Wildman–Crippen MR) is 71.4 cm³/mol. The number of hydrogen-bond donors (Lipinski definition) is 1. The molecular weight excluding hydrogens is 259 g/mol. The number of aromatic nitrogens is 1. The van der Waals surface area contributed by atoms with Gasteiger partial charge in [-0.3, -0.25) is 4.79 Å². The number of carboxylic acid groups (broad SMARTS) is 1. The summed E-state index contributed by atoms with van der Waals surface area (Å²) in [6.07, 6.45) is 2.43. The van der Waals surface area contributed by atoms with Crippen molar-refractivity contribution in [1.29, 1.82) is 5.26 Å². The predicted octanol–water partition coefficient (Wildman–Crippen LogP) is 3.03. The smallest absolute Gasteiger partial charge is 0.303 e. The molecule has 0 amide bonds. The molecule has 0 aliphatic heterocycles. The standard InChI is InChI=1S/C15H13FN2O2/c16-13-9-11(5-6-12(13)10-17)14-3-1-7-18(14)8-2-4-15(19)20/h1,3,5-7,9H,2,4,8H2,(H,19,20). The van der Waals surface area contributed by atoms with Gasteiger partial charge < -0.3 is 9.67 Å². The van der Waals surface area contributed by atoms with Gasteiger partial charge in [0, 0.05) is 30.4 Å². The Labute approximate surface area is 115 Å². The number of carbonyl (C=O) groups is 1. The van der Waals surface area contributed by atoms with Crippen LogP contribution in [-0.2, 0) is 11.3 Å². The molecule has 1 aromatic carbocycles. The van der Waals surface area contributed by atoms with Gasteiger partial charge in [-0.2, -0.15) is 5.26 Å². The van der Waals surface area contributed by atoms with E-state index in [9.17, 15) is 9.18 Å². The van der Waals surface area contributed by atoms with Gasteiger partial charge in [0.15, 0.2) is 0 Å². The van der Waals surface area contributed by atoms with Crippen LogP contribution in [0.25, 0.3) is 11.3 Å². The van der Waals surface area contributed by atoms with E-state index in [0.29, 0.717) is 18.5 Å². The van der Waals surface area contributed by atoms with E-state index in [0.717, 1.165) is 5.69 Å². The highest BCUT2D eigenvalue weighted by atomic mass is 19.1. The summed E-state index contributed by atoms with van der Waals surface area (Å²) in [4.78, 5) is 10.5. The van der Waals surface area contributed by atoms with E-state index in [4.69, 9.17) is 10.4 Å². The molecule has 1 N–H and O–H groups in total. The molecule has 0 spiro atoms. The third-order valence-electron chi connectivity index (χ3n) is 3.00. The molecule has 0 aliphatic rings.